The van der Waals surface area contributed by atoms with Gasteiger partial charge in [0.15, 0.2) is 0 Å². The molecule has 1 fully saturated rings. The van der Waals surface area contributed by atoms with Gasteiger partial charge in [0.1, 0.15) is 22.2 Å². The van der Waals surface area contributed by atoms with Crippen LogP contribution in [0.4, 0.5) is 0 Å². The summed E-state index contributed by atoms with van der Waals surface area (Å²) in [6, 6.07) is 7.94. The molecule has 1 aromatic heterocycles. The highest BCUT2D eigenvalue weighted by molar-refractivity contribution is 7.89. The summed E-state index contributed by atoms with van der Waals surface area (Å²) in [6.45, 7) is 5.15. The lowest BCUT2D eigenvalue weighted by Gasteiger charge is -2.33. The van der Waals surface area contributed by atoms with Crippen LogP contribution in [0.15, 0.2) is 39.6 Å². The maximum atomic E-state index is 12.9. The van der Waals surface area contributed by atoms with Crippen molar-refractivity contribution in [1.82, 2.24) is 14.9 Å². The van der Waals surface area contributed by atoms with Crippen LogP contribution in [0.3, 0.4) is 0 Å². The molecule has 1 aliphatic rings. The van der Waals surface area contributed by atoms with E-state index in [-0.39, 0.29) is 35.4 Å². The number of nitrogens with one attached hydrogen (secondary N) is 2. The Morgan fingerprint density at radius 2 is 1.94 bits per heavy atom. The topological polar surface area (TPSA) is 119 Å². The van der Waals surface area contributed by atoms with E-state index in [1.54, 1.807) is 0 Å². The molecule has 1 aliphatic heterocycles. The number of carbonyl (C=O) groups excluding carboxylic acids is 1. The van der Waals surface area contributed by atoms with E-state index >= 15 is 0 Å². The molecule has 0 bridgehead atoms. The second-order valence-electron chi connectivity index (χ2n) is 7.58. The molecule has 2 aromatic rings. The first-order chi connectivity index (χ1) is 15.9. The number of rotatable bonds is 11. The van der Waals surface area contributed by atoms with Gasteiger partial charge in [0.25, 0.3) is 5.91 Å². The average Bonchev–Trinajstić information content (AvgIpc) is 3.25. The smallest absolute Gasteiger partial charge is 0.251 e. The van der Waals surface area contributed by atoms with Crippen LogP contribution in [-0.2, 0) is 19.5 Å². The Balaban J connectivity index is 1.76. The van der Waals surface area contributed by atoms with Crippen molar-refractivity contribution in [3.8, 4) is 5.75 Å². The third-order valence-electron chi connectivity index (χ3n) is 5.35. The molecule has 0 saturated carbocycles. The summed E-state index contributed by atoms with van der Waals surface area (Å²) in [5.74, 6) is 1.30. The number of carbonyl (C=O) groups is 1. The first-order valence-electron chi connectivity index (χ1n) is 10.7. The van der Waals surface area contributed by atoms with Crippen molar-refractivity contribution in [2.24, 2.45) is 0 Å². The first-order valence-corrected chi connectivity index (χ1v) is 12.2. The Morgan fingerprint density at radius 3 is 2.58 bits per heavy atom. The second-order valence-corrected chi connectivity index (χ2v) is 9.31. The summed E-state index contributed by atoms with van der Waals surface area (Å²) < 4.78 is 49.2. The minimum absolute atomic E-state index is 0.0994. The molecule has 0 aliphatic carbocycles. The number of amides is 1. The number of furan rings is 1. The molecule has 1 atom stereocenters. The van der Waals surface area contributed by atoms with Crippen molar-refractivity contribution in [1.29, 1.82) is 0 Å². The average molecular weight is 482 g/mol. The van der Waals surface area contributed by atoms with Crippen LogP contribution in [0.2, 0.25) is 0 Å². The maximum Gasteiger partial charge on any atom is 0.251 e. The molecule has 11 heteroatoms. The van der Waals surface area contributed by atoms with Crippen molar-refractivity contribution < 1.29 is 31.8 Å². The van der Waals surface area contributed by atoms with Crippen molar-refractivity contribution in [2.45, 2.75) is 17.9 Å². The molecule has 0 radical (unpaired) electrons. The highest BCUT2D eigenvalue weighted by Crippen LogP contribution is 2.26. The fourth-order valence-corrected chi connectivity index (χ4v) is 4.81. The van der Waals surface area contributed by atoms with Gasteiger partial charge in [0.05, 0.1) is 33.0 Å². The molecule has 182 valence electrons. The van der Waals surface area contributed by atoms with E-state index < -0.39 is 15.9 Å². The lowest BCUT2D eigenvalue weighted by molar-refractivity contribution is 0.0117. The predicted molar refractivity (Wildman–Crippen MR) is 121 cm³/mol. The van der Waals surface area contributed by atoms with Crippen molar-refractivity contribution >= 4 is 15.9 Å². The zero-order valence-electron chi connectivity index (χ0n) is 19.1. The molecule has 1 amide bonds. The molecule has 2 heterocycles. The molecule has 1 aromatic carbocycles. The highest BCUT2D eigenvalue weighted by atomic mass is 32.2. The molecule has 2 N–H and O–H groups in total. The Morgan fingerprint density at radius 1 is 1.18 bits per heavy atom. The number of sulfonamides is 1. The van der Waals surface area contributed by atoms with Crippen LogP contribution < -0.4 is 14.8 Å². The molecule has 1 unspecified atom stereocenters. The van der Waals surface area contributed by atoms with Crippen LogP contribution in [0, 0.1) is 6.92 Å². The van der Waals surface area contributed by atoms with Gasteiger partial charge in [0, 0.05) is 38.9 Å². The van der Waals surface area contributed by atoms with Crippen molar-refractivity contribution in [3.05, 3.63) is 47.4 Å². The summed E-state index contributed by atoms with van der Waals surface area (Å²) >= 11 is 0. The van der Waals surface area contributed by atoms with Crippen LogP contribution in [0.25, 0.3) is 0 Å². The van der Waals surface area contributed by atoms with Crippen LogP contribution in [0.5, 0.6) is 5.75 Å². The highest BCUT2D eigenvalue weighted by Gasteiger charge is 2.27. The van der Waals surface area contributed by atoms with Crippen molar-refractivity contribution in [3.63, 3.8) is 0 Å². The maximum absolute atomic E-state index is 12.9. The number of nitrogens with zero attached hydrogens (tertiary/aromatic N) is 1. The minimum Gasteiger partial charge on any atom is -0.495 e. The van der Waals surface area contributed by atoms with Gasteiger partial charge in [-0.1, -0.05) is 0 Å². The lowest BCUT2D eigenvalue weighted by Crippen LogP contribution is -2.43. The minimum atomic E-state index is -3.89. The van der Waals surface area contributed by atoms with E-state index in [1.807, 2.05) is 19.1 Å². The monoisotopic (exact) mass is 481 g/mol. The largest absolute Gasteiger partial charge is 0.495 e. The van der Waals surface area contributed by atoms with Crippen LogP contribution >= 0.6 is 0 Å². The number of ether oxygens (including phenoxy) is 3. The second kappa shape index (κ2) is 11.6. The SMILES string of the molecule is COCCNS(=O)(=O)c1cc(C(=O)NCC(c2ccc(C)o2)N2CCOCC2)ccc1OC. The zero-order chi connectivity index (χ0) is 23.8. The standard InChI is InChI=1S/C22H31N3O7S/c1-16-4-6-19(32-16)18(25-9-12-31-13-10-25)15-23-22(26)17-5-7-20(30-3)21(14-17)33(27,28)24-8-11-29-2/h4-7,14,18,24H,8-13,15H2,1-3H3,(H,23,26). The summed E-state index contributed by atoms with van der Waals surface area (Å²) in [4.78, 5) is 15.0. The third kappa shape index (κ3) is 6.55. The Hall–Kier alpha value is -2.44. The van der Waals surface area contributed by atoms with Gasteiger partial charge in [0.2, 0.25) is 10.0 Å². The molecule has 1 saturated heterocycles. The molecule has 3 rings (SSSR count). The Bertz CT molecular complexity index is 1030. The number of hydrogen-bond acceptors (Lipinski definition) is 8. The van der Waals surface area contributed by atoms with Crippen LogP contribution in [-0.4, -0.2) is 79.4 Å². The van der Waals surface area contributed by atoms with E-state index in [9.17, 15) is 13.2 Å². The van der Waals surface area contributed by atoms with E-state index in [2.05, 4.69) is 14.9 Å². The van der Waals surface area contributed by atoms with Gasteiger partial charge in [-0.15, -0.1) is 0 Å². The number of benzene rings is 1. The number of hydrogen-bond donors (Lipinski definition) is 2. The number of morpholine rings is 1. The summed E-state index contributed by atoms with van der Waals surface area (Å²) in [6.07, 6.45) is 0. The summed E-state index contributed by atoms with van der Waals surface area (Å²) in [7, 11) is -1.04. The number of methoxy groups -OCH3 is 2. The predicted octanol–water partition coefficient (Wildman–Crippen LogP) is 1.32. The Kier molecular flexibility index (Phi) is 8.87. The molecule has 10 nitrogen and oxygen atoms in total. The first kappa shape index (κ1) is 25.2. The quantitative estimate of drug-likeness (QED) is 0.462. The number of aryl methyl sites for hydroxylation is 1. The normalized spacial score (nSPS) is 15.8. The van der Waals surface area contributed by atoms with E-state index in [0.29, 0.717) is 19.8 Å². The fraction of sp³-hybridized carbons (Fsp3) is 0.500. The lowest BCUT2D eigenvalue weighted by atomic mass is 10.1. The van der Waals surface area contributed by atoms with Gasteiger partial charge in [-0.25, -0.2) is 13.1 Å². The summed E-state index contributed by atoms with van der Waals surface area (Å²) in [5.41, 5.74) is 0.208. The fourth-order valence-electron chi connectivity index (χ4n) is 3.61. The van der Waals surface area contributed by atoms with Gasteiger partial charge >= 0.3 is 0 Å². The Labute approximate surface area is 194 Å². The van der Waals surface area contributed by atoms with E-state index in [0.717, 1.165) is 24.6 Å². The molecule has 0 spiro atoms. The van der Waals surface area contributed by atoms with Gasteiger partial charge < -0.3 is 23.9 Å². The molecule has 33 heavy (non-hydrogen) atoms. The summed E-state index contributed by atoms with van der Waals surface area (Å²) in [5, 5.41) is 2.92. The van der Waals surface area contributed by atoms with Crippen molar-refractivity contribution in [2.75, 3.05) is 60.2 Å². The zero-order valence-corrected chi connectivity index (χ0v) is 19.9. The van der Waals surface area contributed by atoms with E-state index in [4.69, 9.17) is 18.6 Å². The van der Waals surface area contributed by atoms with E-state index in [1.165, 1.54) is 32.4 Å². The van der Waals surface area contributed by atoms with Gasteiger partial charge in [-0.3, -0.25) is 9.69 Å². The molecular weight excluding hydrogens is 450 g/mol. The van der Waals surface area contributed by atoms with Gasteiger partial charge in [-0.05, 0) is 37.3 Å². The van der Waals surface area contributed by atoms with Crippen LogP contribution in [0.1, 0.15) is 27.9 Å². The van der Waals surface area contributed by atoms with Gasteiger partial charge in [-0.2, -0.15) is 0 Å². The molecular formula is C22H31N3O7S. The third-order valence-corrected chi connectivity index (χ3v) is 6.83.